The molecule has 0 aromatic heterocycles. The van der Waals surface area contributed by atoms with Crippen molar-refractivity contribution in [2.24, 2.45) is 0 Å². The van der Waals surface area contributed by atoms with E-state index in [0.717, 1.165) is 25.1 Å². The predicted molar refractivity (Wildman–Crippen MR) is 86.0 cm³/mol. The molecule has 1 saturated heterocycles. The van der Waals surface area contributed by atoms with Crippen molar-refractivity contribution in [1.82, 2.24) is 10.2 Å². The Labute approximate surface area is 132 Å². The molecule has 2 atom stereocenters. The van der Waals surface area contributed by atoms with Gasteiger partial charge >= 0.3 is 0 Å². The number of rotatable bonds is 7. The molecule has 1 fully saturated rings. The molecule has 1 heterocycles. The highest BCUT2D eigenvalue weighted by Gasteiger charge is 2.28. The van der Waals surface area contributed by atoms with Gasteiger partial charge in [0.1, 0.15) is 5.75 Å². The van der Waals surface area contributed by atoms with E-state index in [1.807, 2.05) is 19.1 Å². The Kier molecular flexibility index (Phi) is 6.21. The largest absolute Gasteiger partial charge is 0.497 e. The number of benzene rings is 1. The van der Waals surface area contributed by atoms with Crippen molar-refractivity contribution in [1.29, 1.82) is 0 Å². The molecule has 5 nitrogen and oxygen atoms in total. The van der Waals surface area contributed by atoms with Gasteiger partial charge in [0.2, 0.25) is 5.91 Å². The Morgan fingerprint density at radius 2 is 2.27 bits per heavy atom. The van der Waals surface area contributed by atoms with E-state index in [1.54, 1.807) is 14.2 Å². The van der Waals surface area contributed by atoms with Gasteiger partial charge in [-0.2, -0.15) is 0 Å². The Balaban J connectivity index is 1.96. The maximum atomic E-state index is 12.2. The lowest BCUT2D eigenvalue weighted by Gasteiger charge is -2.25. The lowest BCUT2D eigenvalue weighted by molar-refractivity contribution is -0.123. The zero-order valence-corrected chi connectivity index (χ0v) is 13.7. The van der Waals surface area contributed by atoms with Crippen molar-refractivity contribution in [3.63, 3.8) is 0 Å². The minimum Gasteiger partial charge on any atom is -0.497 e. The monoisotopic (exact) mass is 306 g/mol. The third-order valence-electron chi connectivity index (χ3n) is 4.01. The average molecular weight is 306 g/mol. The van der Waals surface area contributed by atoms with Gasteiger partial charge in [0.15, 0.2) is 0 Å². The van der Waals surface area contributed by atoms with Gasteiger partial charge in [-0.05, 0) is 44.0 Å². The third-order valence-corrected chi connectivity index (χ3v) is 4.01. The van der Waals surface area contributed by atoms with Gasteiger partial charge in [0.05, 0.1) is 20.3 Å². The highest BCUT2D eigenvalue weighted by molar-refractivity contribution is 5.78. The second kappa shape index (κ2) is 8.15. The molecule has 2 rings (SSSR count). The first kappa shape index (κ1) is 16.8. The van der Waals surface area contributed by atoms with Crippen molar-refractivity contribution in [3.05, 3.63) is 29.8 Å². The van der Waals surface area contributed by atoms with E-state index in [0.29, 0.717) is 19.2 Å². The van der Waals surface area contributed by atoms with Crippen LogP contribution in [0.4, 0.5) is 0 Å². The molecule has 0 saturated carbocycles. The third kappa shape index (κ3) is 4.45. The first-order valence-corrected chi connectivity index (χ1v) is 7.80. The van der Waals surface area contributed by atoms with Crippen LogP contribution in [-0.2, 0) is 9.53 Å². The van der Waals surface area contributed by atoms with E-state index in [4.69, 9.17) is 9.47 Å². The fraction of sp³-hybridized carbons (Fsp3) is 0.588. The number of hydrogen-bond acceptors (Lipinski definition) is 4. The quantitative estimate of drug-likeness (QED) is 0.837. The molecule has 2 unspecified atom stereocenters. The molecule has 1 amide bonds. The SMILES string of the molecule is COCC(C)NC(=O)CN1CCCC1c1cccc(OC)c1. The maximum Gasteiger partial charge on any atom is 0.234 e. The van der Waals surface area contributed by atoms with E-state index in [9.17, 15) is 4.79 Å². The van der Waals surface area contributed by atoms with Crippen molar-refractivity contribution >= 4 is 5.91 Å². The molecule has 1 aliphatic heterocycles. The van der Waals surface area contributed by atoms with Gasteiger partial charge in [0.25, 0.3) is 0 Å². The zero-order chi connectivity index (χ0) is 15.9. The van der Waals surface area contributed by atoms with E-state index >= 15 is 0 Å². The summed E-state index contributed by atoms with van der Waals surface area (Å²) in [7, 11) is 3.32. The molecule has 122 valence electrons. The summed E-state index contributed by atoms with van der Waals surface area (Å²) >= 11 is 0. The first-order chi connectivity index (χ1) is 10.6. The van der Waals surface area contributed by atoms with E-state index in [-0.39, 0.29) is 11.9 Å². The van der Waals surface area contributed by atoms with Gasteiger partial charge in [-0.3, -0.25) is 9.69 Å². The number of hydrogen-bond donors (Lipinski definition) is 1. The van der Waals surface area contributed by atoms with Gasteiger partial charge in [-0.15, -0.1) is 0 Å². The number of ether oxygens (including phenoxy) is 2. The molecule has 5 heteroatoms. The fourth-order valence-electron chi connectivity index (χ4n) is 3.04. The van der Waals surface area contributed by atoms with Gasteiger partial charge in [-0.1, -0.05) is 12.1 Å². The lowest BCUT2D eigenvalue weighted by atomic mass is 10.0. The van der Waals surface area contributed by atoms with Crippen LogP contribution < -0.4 is 10.1 Å². The Hall–Kier alpha value is -1.59. The highest BCUT2D eigenvalue weighted by Crippen LogP contribution is 2.32. The van der Waals surface area contributed by atoms with Crippen LogP contribution in [0, 0.1) is 0 Å². The number of amides is 1. The Bertz CT molecular complexity index is 493. The number of likely N-dealkylation sites (tertiary alicyclic amines) is 1. The zero-order valence-electron chi connectivity index (χ0n) is 13.7. The maximum absolute atomic E-state index is 12.2. The Morgan fingerprint density at radius 3 is 3.00 bits per heavy atom. The number of nitrogens with zero attached hydrogens (tertiary/aromatic N) is 1. The molecule has 0 aliphatic carbocycles. The van der Waals surface area contributed by atoms with Crippen LogP contribution in [0.1, 0.15) is 31.4 Å². The molecular formula is C17H26N2O3. The second-order valence-corrected chi connectivity index (χ2v) is 5.83. The van der Waals surface area contributed by atoms with Gasteiger partial charge in [0, 0.05) is 19.2 Å². The summed E-state index contributed by atoms with van der Waals surface area (Å²) in [6, 6.07) is 8.45. The molecule has 1 aliphatic rings. The van der Waals surface area contributed by atoms with Crippen LogP contribution in [-0.4, -0.2) is 50.8 Å². The smallest absolute Gasteiger partial charge is 0.234 e. The molecule has 1 aromatic carbocycles. The van der Waals surface area contributed by atoms with Crippen molar-refractivity contribution in [2.75, 3.05) is 33.9 Å². The second-order valence-electron chi connectivity index (χ2n) is 5.83. The highest BCUT2D eigenvalue weighted by atomic mass is 16.5. The number of carbonyl (C=O) groups is 1. The number of methoxy groups -OCH3 is 2. The average Bonchev–Trinajstić information content (AvgIpc) is 2.95. The minimum absolute atomic E-state index is 0.0374. The van der Waals surface area contributed by atoms with Crippen LogP contribution in [0.3, 0.4) is 0 Å². The summed E-state index contributed by atoms with van der Waals surface area (Å²) in [6.07, 6.45) is 2.19. The lowest BCUT2D eigenvalue weighted by Crippen LogP contribution is -2.42. The van der Waals surface area contributed by atoms with E-state index in [1.165, 1.54) is 5.56 Å². The number of carbonyl (C=O) groups excluding carboxylic acids is 1. The molecule has 0 radical (unpaired) electrons. The van der Waals surface area contributed by atoms with E-state index < -0.39 is 0 Å². The standard InChI is InChI=1S/C17H26N2O3/c1-13(12-21-2)18-17(20)11-19-9-5-8-16(19)14-6-4-7-15(10-14)22-3/h4,6-7,10,13,16H,5,8-9,11-12H2,1-3H3,(H,18,20). The van der Waals surface area contributed by atoms with Gasteiger partial charge in [-0.25, -0.2) is 0 Å². The Morgan fingerprint density at radius 1 is 1.45 bits per heavy atom. The van der Waals surface area contributed by atoms with Crippen molar-refractivity contribution in [3.8, 4) is 5.75 Å². The number of nitrogens with one attached hydrogen (secondary N) is 1. The predicted octanol–water partition coefficient (Wildman–Crippen LogP) is 1.98. The van der Waals surface area contributed by atoms with Crippen molar-refractivity contribution < 1.29 is 14.3 Å². The summed E-state index contributed by atoms with van der Waals surface area (Å²) in [5.74, 6) is 0.918. The van der Waals surface area contributed by atoms with Crippen LogP contribution in [0.5, 0.6) is 5.75 Å². The van der Waals surface area contributed by atoms with Crippen LogP contribution in [0.2, 0.25) is 0 Å². The van der Waals surface area contributed by atoms with Crippen molar-refractivity contribution in [2.45, 2.75) is 31.8 Å². The van der Waals surface area contributed by atoms with E-state index in [2.05, 4.69) is 22.3 Å². The topological polar surface area (TPSA) is 50.8 Å². The molecule has 0 bridgehead atoms. The van der Waals surface area contributed by atoms with Gasteiger partial charge < -0.3 is 14.8 Å². The first-order valence-electron chi connectivity index (χ1n) is 7.80. The van der Waals surface area contributed by atoms with Crippen LogP contribution in [0.15, 0.2) is 24.3 Å². The normalized spacial score (nSPS) is 19.9. The molecule has 0 spiro atoms. The summed E-state index contributed by atoms with van der Waals surface area (Å²) in [5, 5.41) is 2.97. The van der Waals surface area contributed by atoms with Crippen LogP contribution >= 0.6 is 0 Å². The summed E-state index contributed by atoms with van der Waals surface area (Å²) < 4.78 is 10.3. The summed E-state index contributed by atoms with van der Waals surface area (Å²) in [5.41, 5.74) is 1.22. The molecule has 1 N–H and O–H groups in total. The molecule has 1 aromatic rings. The summed E-state index contributed by atoms with van der Waals surface area (Å²) in [4.78, 5) is 14.4. The molecule has 22 heavy (non-hydrogen) atoms. The fourth-order valence-corrected chi connectivity index (χ4v) is 3.04. The molecular weight excluding hydrogens is 280 g/mol. The minimum atomic E-state index is 0.0374. The summed E-state index contributed by atoms with van der Waals surface area (Å²) in [6.45, 7) is 3.86. The van der Waals surface area contributed by atoms with Crippen LogP contribution in [0.25, 0.3) is 0 Å².